The zero-order valence-corrected chi connectivity index (χ0v) is 5.41. The summed E-state index contributed by atoms with van der Waals surface area (Å²) in [5, 5.41) is 8.04. The van der Waals surface area contributed by atoms with Crippen LogP contribution in [0, 0.1) is 0 Å². The van der Waals surface area contributed by atoms with Crippen LogP contribution in [0.3, 0.4) is 0 Å². The van der Waals surface area contributed by atoms with Crippen LogP contribution in [-0.4, -0.2) is 11.2 Å². The van der Waals surface area contributed by atoms with Crippen molar-refractivity contribution in [3.05, 3.63) is 12.0 Å². The first kappa shape index (κ1) is 8.77. The number of nitrogens with two attached hydrogens (primary N) is 2. The summed E-state index contributed by atoms with van der Waals surface area (Å²) in [5.74, 6) is -0.324. The first-order chi connectivity index (χ1) is 4.70. The fraction of sp³-hybridized carbons (Fsp3) is 0.400. The normalized spacial score (nSPS) is 11.1. The summed E-state index contributed by atoms with van der Waals surface area (Å²) in [6, 6.07) is 0. The van der Waals surface area contributed by atoms with Crippen molar-refractivity contribution in [1.82, 2.24) is 0 Å². The SMILES string of the molecule is N/C=C(/CCC(N)=O)OO. The molecule has 0 aromatic carbocycles. The second-order valence-electron chi connectivity index (χ2n) is 1.69. The molecule has 1 amide bonds. The third kappa shape index (κ3) is 3.73. The molecule has 0 spiro atoms. The molecule has 0 aromatic rings. The van der Waals surface area contributed by atoms with E-state index in [9.17, 15) is 4.79 Å². The number of primary amides is 1. The highest BCUT2D eigenvalue weighted by Crippen LogP contribution is 2.01. The van der Waals surface area contributed by atoms with Crippen molar-refractivity contribution in [2.24, 2.45) is 11.5 Å². The maximum atomic E-state index is 10.2. The molecule has 0 saturated heterocycles. The van der Waals surface area contributed by atoms with Crippen LogP contribution >= 0.6 is 0 Å². The van der Waals surface area contributed by atoms with Crippen LogP contribution in [0.1, 0.15) is 12.8 Å². The lowest BCUT2D eigenvalue weighted by atomic mass is 10.3. The topological polar surface area (TPSA) is 98.6 Å². The highest BCUT2D eigenvalue weighted by atomic mass is 17.1. The highest BCUT2D eigenvalue weighted by Gasteiger charge is 1.99. The van der Waals surface area contributed by atoms with E-state index in [2.05, 4.69) is 4.89 Å². The molecule has 0 atom stereocenters. The molecule has 0 rings (SSSR count). The number of carbonyl (C=O) groups excluding carboxylic acids is 1. The number of amides is 1. The minimum Gasteiger partial charge on any atom is -0.402 e. The Kier molecular flexibility index (Phi) is 4.06. The number of hydrogen-bond donors (Lipinski definition) is 3. The van der Waals surface area contributed by atoms with E-state index in [0.717, 1.165) is 6.20 Å². The lowest BCUT2D eigenvalue weighted by Crippen LogP contribution is -2.10. The summed E-state index contributed by atoms with van der Waals surface area (Å²) in [5.41, 5.74) is 9.78. The van der Waals surface area contributed by atoms with Crippen LogP contribution in [0.4, 0.5) is 0 Å². The highest BCUT2D eigenvalue weighted by molar-refractivity contribution is 5.73. The lowest BCUT2D eigenvalue weighted by Gasteiger charge is -1.98. The Balaban J connectivity index is 3.56. The van der Waals surface area contributed by atoms with Crippen molar-refractivity contribution in [3.8, 4) is 0 Å². The predicted octanol–water partition coefficient (Wildman–Crippen LogP) is -0.458. The number of rotatable bonds is 4. The first-order valence-corrected chi connectivity index (χ1v) is 2.71. The first-order valence-electron chi connectivity index (χ1n) is 2.71. The molecule has 5 heteroatoms. The zero-order chi connectivity index (χ0) is 7.98. The Morgan fingerprint density at radius 1 is 1.60 bits per heavy atom. The van der Waals surface area contributed by atoms with E-state index >= 15 is 0 Å². The quantitative estimate of drug-likeness (QED) is 0.284. The maximum Gasteiger partial charge on any atom is 0.217 e. The summed E-state index contributed by atoms with van der Waals surface area (Å²) in [6.45, 7) is 0. The van der Waals surface area contributed by atoms with E-state index in [4.69, 9.17) is 16.7 Å². The van der Waals surface area contributed by atoms with Crippen molar-refractivity contribution in [3.63, 3.8) is 0 Å². The Bertz CT molecular complexity index is 144. The minimum absolute atomic E-state index is 0.115. The molecule has 5 nitrogen and oxygen atoms in total. The van der Waals surface area contributed by atoms with E-state index < -0.39 is 5.91 Å². The van der Waals surface area contributed by atoms with Gasteiger partial charge in [0.05, 0.1) is 0 Å². The molecule has 5 N–H and O–H groups in total. The second kappa shape index (κ2) is 4.63. The van der Waals surface area contributed by atoms with Crippen LogP contribution in [0.25, 0.3) is 0 Å². The van der Waals surface area contributed by atoms with Gasteiger partial charge < -0.3 is 16.4 Å². The maximum absolute atomic E-state index is 10.2. The van der Waals surface area contributed by atoms with Crippen LogP contribution in [-0.2, 0) is 9.68 Å². The fourth-order valence-electron chi connectivity index (χ4n) is 0.406. The van der Waals surface area contributed by atoms with Crippen molar-refractivity contribution in [1.29, 1.82) is 0 Å². The van der Waals surface area contributed by atoms with Crippen LogP contribution in [0.2, 0.25) is 0 Å². The van der Waals surface area contributed by atoms with Gasteiger partial charge in [0.2, 0.25) is 5.91 Å². The second-order valence-corrected chi connectivity index (χ2v) is 1.69. The molecule has 0 bridgehead atoms. The van der Waals surface area contributed by atoms with E-state index in [1.54, 1.807) is 0 Å². The van der Waals surface area contributed by atoms with Gasteiger partial charge in [-0.15, -0.1) is 0 Å². The van der Waals surface area contributed by atoms with E-state index in [0.29, 0.717) is 0 Å². The monoisotopic (exact) mass is 146 g/mol. The summed E-state index contributed by atoms with van der Waals surface area (Å²) in [6.07, 6.45) is 1.41. The van der Waals surface area contributed by atoms with Crippen molar-refractivity contribution in [2.75, 3.05) is 0 Å². The van der Waals surface area contributed by atoms with Crippen LogP contribution < -0.4 is 11.5 Å². The number of hydrogen-bond acceptors (Lipinski definition) is 4. The third-order valence-corrected chi connectivity index (χ3v) is 0.921. The lowest BCUT2D eigenvalue weighted by molar-refractivity contribution is -0.206. The standard InChI is InChI=1S/C5H10N2O3/c6-3-4(10-9)1-2-5(7)8/h3,9H,1-2,6H2,(H2,7,8)/b4-3-. The molecular formula is C5H10N2O3. The molecule has 0 fully saturated rings. The predicted molar refractivity (Wildman–Crippen MR) is 34.4 cm³/mol. The summed E-state index contributed by atoms with van der Waals surface area (Å²) in [7, 11) is 0. The largest absolute Gasteiger partial charge is 0.402 e. The Morgan fingerprint density at radius 3 is 2.50 bits per heavy atom. The zero-order valence-electron chi connectivity index (χ0n) is 5.41. The molecule has 0 saturated carbocycles. The molecule has 58 valence electrons. The van der Waals surface area contributed by atoms with Crippen LogP contribution in [0.5, 0.6) is 0 Å². The van der Waals surface area contributed by atoms with E-state index in [1.165, 1.54) is 0 Å². The Morgan fingerprint density at radius 2 is 2.20 bits per heavy atom. The molecule has 0 aliphatic carbocycles. The summed E-state index contributed by atoms with van der Waals surface area (Å²) in [4.78, 5) is 13.9. The average molecular weight is 146 g/mol. The minimum atomic E-state index is -0.462. The van der Waals surface area contributed by atoms with Gasteiger partial charge in [0.1, 0.15) is 0 Å². The third-order valence-electron chi connectivity index (χ3n) is 0.921. The molecule has 0 radical (unpaired) electrons. The molecule has 0 unspecified atom stereocenters. The van der Waals surface area contributed by atoms with Gasteiger partial charge >= 0.3 is 0 Å². The smallest absolute Gasteiger partial charge is 0.217 e. The van der Waals surface area contributed by atoms with Gasteiger partial charge in [0, 0.05) is 19.0 Å². The summed E-state index contributed by atoms with van der Waals surface area (Å²) >= 11 is 0. The van der Waals surface area contributed by atoms with Gasteiger partial charge in [-0.3, -0.25) is 4.79 Å². The van der Waals surface area contributed by atoms with Crippen LogP contribution in [0.15, 0.2) is 12.0 Å². The molecule has 0 aliphatic rings. The molecule has 0 aromatic heterocycles. The van der Waals surface area contributed by atoms with Gasteiger partial charge in [0.15, 0.2) is 5.76 Å². The Hall–Kier alpha value is -1.23. The van der Waals surface area contributed by atoms with E-state index in [-0.39, 0.29) is 18.6 Å². The van der Waals surface area contributed by atoms with Gasteiger partial charge in [-0.2, -0.15) is 0 Å². The molecule has 0 heterocycles. The van der Waals surface area contributed by atoms with Crippen molar-refractivity contribution < 1.29 is 14.9 Å². The van der Waals surface area contributed by atoms with Crippen molar-refractivity contribution in [2.45, 2.75) is 12.8 Å². The molecule has 10 heavy (non-hydrogen) atoms. The fourth-order valence-corrected chi connectivity index (χ4v) is 0.406. The molecule has 0 aliphatic heterocycles. The molecular weight excluding hydrogens is 136 g/mol. The summed E-state index contributed by atoms with van der Waals surface area (Å²) < 4.78 is 0. The van der Waals surface area contributed by atoms with Gasteiger partial charge in [-0.1, -0.05) is 0 Å². The Labute approximate surface area is 58.2 Å². The number of allylic oxidation sites excluding steroid dienone is 1. The van der Waals surface area contributed by atoms with Gasteiger partial charge in [0.25, 0.3) is 0 Å². The van der Waals surface area contributed by atoms with Crippen molar-refractivity contribution >= 4 is 5.91 Å². The number of carbonyl (C=O) groups is 1. The van der Waals surface area contributed by atoms with Gasteiger partial charge in [-0.05, 0) is 0 Å². The van der Waals surface area contributed by atoms with Gasteiger partial charge in [-0.25, -0.2) is 5.26 Å². The van der Waals surface area contributed by atoms with E-state index in [1.807, 2.05) is 0 Å². The average Bonchev–Trinajstić information content (AvgIpc) is 1.90.